The molecule has 0 saturated carbocycles. The van der Waals surface area contributed by atoms with E-state index in [1.807, 2.05) is 107 Å². The number of rotatable bonds is 9. The van der Waals surface area contributed by atoms with Crippen LogP contribution in [0, 0.1) is 0 Å². The van der Waals surface area contributed by atoms with Gasteiger partial charge in [0.2, 0.25) is 11.8 Å². The summed E-state index contributed by atoms with van der Waals surface area (Å²) in [5.41, 5.74) is 5.64. The van der Waals surface area contributed by atoms with Crippen molar-refractivity contribution in [3.8, 4) is 17.1 Å². The monoisotopic (exact) mass is 634 g/mol. The van der Waals surface area contributed by atoms with Crippen molar-refractivity contribution in [1.82, 2.24) is 19.7 Å². The number of hydrogen-bond donors (Lipinski definition) is 1. The van der Waals surface area contributed by atoms with Crippen LogP contribution in [0.4, 0.5) is 11.4 Å². The summed E-state index contributed by atoms with van der Waals surface area (Å²) >= 11 is 4.31. The molecule has 4 aromatic carbocycles. The number of fused-ring (bicyclic) bond motifs is 2. The Balaban J connectivity index is 0.996. The van der Waals surface area contributed by atoms with Crippen LogP contribution in [0.5, 0.6) is 0 Å². The topological polar surface area (TPSA) is 93.0 Å². The molecule has 0 fully saturated rings. The maximum atomic E-state index is 13.0. The van der Waals surface area contributed by atoms with Gasteiger partial charge in [0.1, 0.15) is 0 Å². The third kappa shape index (κ3) is 5.99. The van der Waals surface area contributed by atoms with Crippen LogP contribution in [0.25, 0.3) is 27.3 Å². The molecule has 0 bridgehead atoms. The van der Waals surface area contributed by atoms with E-state index >= 15 is 0 Å². The molecule has 3 heterocycles. The Morgan fingerprint density at radius 2 is 1.61 bits per heavy atom. The fourth-order valence-corrected chi connectivity index (χ4v) is 7.85. The molecule has 2 aromatic heterocycles. The maximum absolute atomic E-state index is 13.0. The highest BCUT2D eigenvalue weighted by Gasteiger charge is 2.24. The van der Waals surface area contributed by atoms with Crippen LogP contribution >= 0.6 is 34.9 Å². The van der Waals surface area contributed by atoms with E-state index in [1.165, 1.54) is 40.4 Å². The number of aromatic nitrogens is 4. The van der Waals surface area contributed by atoms with Gasteiger partial charge >= 0.3 is 0 Å². The number of anilines is 2. The predicted molar refractivity (Wildman–Crippen MR) is 179 cm³/mol. The van der Waals surface area contributed by atoms with Crippen LogP contribution in [-0.4, -0.2) is 49.6 Å². The van der Waals surface area contributed by atoms with E-state index in [9.17, 15) is 9.59 Å². The summed E-state index contributed by atoms with van der Waals surface area (Å²) in [6.45, 7) is 0.721. The number of carbonyl (C=O) groups is 2. The van der Waals surface area contributed by atoms with Gasteiger partial charge in [-0.1, -0.05) is 90.3 Å². The summed E-state index contributed by atoms with van der Waals surface area (Å²) in [7, 11) is 0. The lowest BCUT2D eigenvalue weighted by Crippen LogP contribution is -2.30. The lowest BCUT2D eigenvalue weighted by molar-refractivity contribution is -0.116. The first-order chi connectivity index (χ1) is 21.6. The summed E-state index contributed by atoms with van der Waals surface area (Å²) in [6.07, 6.45) is 0.891. The second kappa shape index (κ2) is 12.7. The van der Waals surface area contributed by atoms with E-state index < -0.39 is 0 Å². The molecule has 1 N–H and O–H groups in total. The molecule has 0 aliphatic carbocycles. The Morgan fingerprint density at radius 1 is 0.841 bits per heavy atom. The SMILES string of the molecule is O=C(CSc1nnc(-c2ccccc2)n1-c1ccccc1)Nc1ccc2nc(SCC(=O)N3CCc4ccccc43)sc2c1. The quantitative estimate of drug-likeness (QED) is 0.172. The molecule has 2 amide bonds. The first-order valence-electron chi connectivity index (χ1n) is 14.0. The number of hydrogen-bond acceptors (Lipinski definition) is 8. The smallest absolute Gasteiger partial charge is 0.237 e. The average Bonchev–Trinajstić information content (AvgIpc) is 3.80. The molecule has 0 saturated heterocycles. The average molecular weight is 635 g/mol. The molecule has 44 heavy (non-hydrogen) atoms. The summed E-state index contributed by atoms with van der Waals surface area (Å²) in [5.74, 6) is 1.16. The van der Waals surface area contributed by atoms with Crippen LogP contribution in [0.15, 0.2) is 113 Å². The highest BCUT2D eigenvalue weighted by Crippen LogP contribution is 2.34. The Bertz CT molecular complexity index is 1960. The number of nitrogens with one attached hydrogen (secondary N) is 1. The Labute approximate surface area is 266 Å². The normalized spacial score (nSPS) is 12.4. The summed E-state index contributed by atoms with van der Waals surface area (Å²) in [5, 5.41) is 12.5. The number of thioether (sulfide) groups is 2. The highest BCUT2D eigenvalue weighted by molar-refractivity contribution is 8.01. The van der Waals surface area contributed by atoms with E-state index in [0.717, 1.165) is 50.3 Å². The number of benzene rings is 4. The zero-order valence-electron chi connectivity index (χ0n) is 23.4. The Kier molecular flexibility index (Phi) is 8.14. The van der Waals surface area contributed by atoms with Crippen molar-refractivity contribution >= 4 is 68.3 Å². The fourth-order valence-electron chi connectivity index (χ4n) is 5.12. The predicted octanol–water partition coefficient (Wildman–Crippen LogP) is 6.96. The van der Waals surface area contributed by atoms with Crippen molar-refractivity contribution in [2.75, 3.05) is 28.3 Å². The van der Waals surface area contributed by atoms with Gasteiger partial charge in [0.25, 0.3) is 0 Å². The van der Waals surface area contributed by atoms with Crippen LogP contribution < -0.4 is 10.2 Å². The van der Waals surface area contributed by atoms with Gasteiger partial charge in [0.15, 0.2) is 15.3 Å². The minimum absolute atomic E-state index is 0.0867. The van der Waals surface area contributed by atoms with Crippen molar-refractivity contribution in [1.29, 1.82) is 0 Å². The Morgan fingerprint density at radius 3 is 2.45 bits per heavy atom. The van der Waals surface area contributed by atoms with Gasteiger partial charge in [-0.05, 0) is 48.4 Å². The number of carbonyl (C=O) groups excluding carboxylic acids is 2. The summed E-state index contributed by atoms with van der Waals surface area (Å²) in [4.78, 5) is 32.5. The van der Waals surface area contributed by atoms with Crippen LogP contribution in [0.1, 0.15) is 5.56 Å². The number of nitrogens with zero attached hydrogens (tertiary/aromatic N) is 5. The molecule has 0 atom stereocenters. The van der Waals surface area contributed by atoms with E-state index in [4.69, 9.17) is 4.98 Å². The lowest BCUT2D eigenvalue weighted by Gasteiger charge is -2.16. The fraction of sp³-hybridized carbons (Fsp3) is 0.121. The van der Waals surface area contributed by atoms with E-state index in [1.54, 1.807) is 0 Å². The zero-order valence-corrected chi connectivity index (χ0v) is 25.9. The minimum atomic E-state index is -0.145. The van der Waals surface area contributed by atoms with Gasteiger partial charge in [0, 0.05) is 29.2 Å². The van der Waals surface area contributed by atoms with Crippen molar-refractivity contribution < 1.29 is 9.59 Å². The number of thiazole rings is 1. The third-order valence-electron chi connectivity index (χ3n) is 7.17. The van der Waals surface area contributed by atoms with Crippen molar-refractivity contribution in [2.45, 2.75) is 15.9 Å². The number of amides is 2. The molecule has 0 spiro atoms. The highest BCUT2D eigenvalue weighted by atomic mass is 32.2. The first kappa shape index (κ1) is 28.3. The van der Waals surface area contributed by atoms with Gasteiger partial charge in [-0.15, -0.1) is 21.5 Å². The molecule has 0 unspecified atom stereocenters. The molecule has 1 aliphatic heterocycles. The van der Waals surface area contributed by atoms with Crippen LogP contribution in [-0.2, 0) is 16.0 Å². The molecule has 1 aliphatic rings. The van der Waals surface area contributed by atoms with Crippen molar-refractivity contribution in [3.63, 3.8) is 0 Å². The van der Waals surface area contributed by atoms with Gasteiger partial charge in [-0.3, -0.25) is 14.2 Å². The minimum Gasteiger partial charge on any atom is -0.325 e. The molecular weight excluding hydrogens is 609 g/mol. The van der Waals surface area contributed by atoms with E-state index in [-0.39, 0.29) is 17.6 Å². The van der Waals surface area contributed by atoms with E-state index in [2.05, 4.69) is 21.6 Å². The van der Waals surface area contributed by atoms with Gasteiger partial charge < -0.3 is 10.2 Å². The standard InChI is InChI=1S/C33H26N6O2S3/c40-29(20-42-32-37-36-31(23-10-3-1-4-11-23)39(32)25-12-5-2-6-13-25)34-24-15-16-26-28(19-24)44-33(35-26)43-21-30(41)38-18-17-22-9-7-8-14-27(22)38/h1-16,19H,17-18,20-21H2,(H,34,40). The van der Waals surface area contributed by atoms with Crippen molar-refractivity contribution in [2.24, 2.45) is 0 Å². The first-order valence-corrected chi connectivity index (χ1v) is 16.8. The molecule has 8 nitrogen and oxygen atoms in total. The molecular formula is C33H26N6O2S3. The second-order valence-corrected chi connectivity index (χ2v) is 13.3. The Hall–Kier alpha value is -4.45. The third-order valence-corrected chi connectivity index (χ3v) is 10.2. The largest absolute Gasteiger partial charge is 0.325 e. The van der Waals surface area contributed by atoms with Crippen molar-refractivity contribution in [3.05, 3.63) is 109 Å². The van der Waals surface area contributed by atoms with Crippen LogP contribution in [0.2, 0.25) is 0 Å². The van der Waals surface area contributed by atoms with Gasteiger partial charge in [-0.25, -0.2) is 4.98 Å². The van der Waals surface area contributed by atoms with Crippen LogP contribution in [0.3, 0.4) is 0 Å². The zero-order chi connectivity index (χ0) is 29.9. The lowest BCUT2D eigenvalue weighted by atomic mass is 10.2. The van der Waals surface area contributed by atoms with Gasteiger partial charge in [0.05, 0.1) is 21.7 Å². The van der Waals surface area contributed by atoms with Gasteiger partial charge in [-0.2, -0.15) is 0 Å². The summed E-state index contributed by atoms with van der Waals surface area (Å²) in [6, 6.07) is 33.5. The van der Waals surface area contributed by atoms with E-state index in [0.29, 0.717) is 16.6 Å². The molecule has 6 aromatic rings. The summed E-state index contributed by atoms with van der Waals surface area (Å²) < 4.78 is 3.76. The number of para-hydroxylation sites is 2. The maximum Gasteiger partial charge on any atom is 0.237 e. The molecule has 7 rings (SSSR count). The second-order valence-electron chi connectivity index (χ2n) is 10.1. The molecule has 218 valence electrons. The molecule has 11 heteroatoms. The molecule has 0 radical (unpaired) electrons.